The number of benzene rings is 1. The van der Waals surface area contributed by atoms with E-state index in [-0.39, 0.29) is 30.4 Å². The zero-order chi connectivity index (χ0) is 28.5. The van der Waals surface area contributed by atoms with E-state index in [9.17, 15) is 14.7 Å². The van der Waals surface area contributed by atoms with E-state index in [1.165, 1.54) is 11.3 Å². The van der Waals surface area contributed by atoms with Gasteiger partial charge in [0.05, 0.1) is 19.8 Å². The first kappa shape index (κ1) is 30.4. The van der Waals surface area contributed by atoms with E-state index >= 15 is 0 Å². The molecule has 4 rings (SSSR count). The van der Waals surface area contributed by atoms with E-state index in [4.69, 9.17) is 9.57 Å². The summed E-state index contributed by atoms with van der Waals surface area (Å²) in [5.41, 5.74) is 0.789. The first-order valence-electron chi connectivity index (χ1n) is 13.6. The Hall–Kier alpha value is -2.55. The summed E-state index contributed by atoms with van der Waals surface area (Å²) in [6.07, 6.45) is 2.32. The number of oxime groups is 1. The van der Waals surface area contributed by atoms with Crippen LogP contribution >= 0.6 is 23.3 Å². The van der Waals surface area contributed by atoms with Gasteiger partial charge in [0.1, 0.15) is 0 Å². The molecule has 218 valence electrons. The number of piperazine rings is 1. The van der Waals surface area contributed by atoms with E-state index in [2.05, 4.69) is 31.6 Å². The minimum Gasteiger partial charge on any atom is -0.395 e. The molecule has 2 N–H and O–H groups in total. The number of carbonyl (C=O) groups is 2. The molecule has 2 aliphatic heterocycles. The van der Waals surface area contributed by atoms with E-state index in [1.54, 1.807) is 25.1 Å². The second-order valence-electron chi connectivity index (χ2n) is 9.77. The summed E-state index contributed by atoms with van der Waals surface area (Å²) < 4.78 is 7.43. The number of hydrogen-bond donors (Lipinski definition) is 2. The van der Waals surface area contributed by atoms with Gasteiger partial charge in [-0.25, -0.2) is 9.29 Å². The number of anilines is 1. The Morgan fingerprint density at radius 3 is 2.77 bits per heavy atom. The lowest BCUT2D eigenvalue weighted by atomic mass is 10.1. The number of nitrogens with zero attached hydrogens (tertiary/aromatic N) is 5. The van der Waals surface area contributed by atoms with Gasteiger partial charge in [0.25, 0.3) is 5.91 Å². The van der Waals surface area contributed by atoms with Gasteiger partial charge in [-0.15, -0.1) is 11.3 Å². The smallest absolute Gasteiger partial charge is 0.280 e. The molecule has 13 heteroatoms. The number of aromatic nitrogens is 1. The number of nitrogens with one attached hydrogen (secondary N) is 1. The van der Waals surface area contributed by atoms with Crippen molar-refractivity contribution in [2.45, 2.75) is 50.8 Å². The molecule has 0 aliphatic carbocycles. The van der Waals surface area contributed by atoms with Crippen molar-refractivity contribution in [1.82, 2.24) is 19.1 Å². The van der Waals surface area contributed by atoms with Gasteiger partial charge in [0, 0.05) is 80.2 Å². The Labute approximate surface area is 243 Å². The number of carbonyl (C=O) groups excluding carboxylic acids is 2. The van der Waals surface area contributed by atoms with Gasteiger partial charge in [-0.3, -0.25) is 19.8 Å². The standard InChI is InChI=1S/C27H38N6O5S2/c1-4-32(12-13-34)40-23-7-5-21(6-8-23)25(30-38-22-9-14-37-18-22)26(36)29-27-28-15-24(39-27)17-31-10-11-33(20(3)35)19(2)16-31/h5-8,15,19,22,34H,4,9-14,16-18H2,1-3H3,(H,28,29,36)/b30-25+/t19-,22+/m0/s1. The Morgan fingerprint density at radius 2 is 2.12 bits per heavy atom. The fourth-order valence-electron chi connectivity index (χ4n) is 4.61. The predicted molar refractivity (Wildman–Crippen MR) is 156 cm³/mol. The van der Waals surface area contributed by atoms with E-state index < -0.39 is 5.91 Å². The molecule has 1 aromatic carbocycles. The summed E-state index contributed by atoms with van der Waals surface area (Å²) in [6, 6.07) is 7.70. The fourth-order valence-corrected chi connectivity index (χ4v) is 6.32. The third-order valence-corrected chi connectivity index (χ3v) is 8.81. The van der Waals surface area contributed by atoms with Crippen molar-refractivity contribution in [3.8, 4) is 0 Å². The SMILES string of the molecule is CCN(CCO)Sc1ccc(/C(=N\O[C@@H]2CCOC2)C(=O)Nc2ncc(CN3CCN(C(C)=O)[C@@H](C)C3)s2)cc1. The first-order chi connectivity index (χ1) is 19.4. The minimum absolute atomic E-state index is 0.0895. The number of thiazole rings is 1. The van der Waals surface area contributed by atoms with Crippen LogP contribution in [0.3, 0.4) is 0 Å². The number of likely N-dealkylation sites (N-methyl/N-ethyl adjacent to an activating group) is 1. The number of amides is 2. The van der Waals surface area contributed by atoms with Crippen LogP contribution in [0.5, 0.6) is 0 Å². The lowest BCUT2D eigenvalue weighted by Gasteiger charge is -2.39. The third-order valence-electron chi connectivity index (χ3n) is 6.73. The number of ether oxygens (including phenoxy) is 1. The van der Waals surface area contributed by atoms with Gasteiger partial charge in [-0.05, 0) is 31.0 Å². The topological polar surface area (TPSA) is 120 Å². The van der Waals surface area contributed by atoms with E-state index in [0.29, 0.717) is 43.5 Å². The maximum absolute atomic E-state index is 13.4. The summed E-state index contributed by atoms with van der Waals surface area (Å²) >= 11 is 2.98. The molecule has 0 unspecified atom stereocenters. The highest BCUT2D eigenvalue weighted by atomic mass is 32.2. The highest BCUT2D eigenvalue weighted by molar-refractivity contribution is 7.97. The van der Waals surface area contributed by atoms with Crippen molar-refractivity contribution in [2.75, 3.05) is 57.9 Å². The maximum Gasteiger partial charge on any atom is 0.280 e. The molecular formula is C27H38N6O5S2. The largest absolute Gasteiger partial charge is 0.395 e. The van der Waals surface area contributed by atoms with Gasteiger partial charge >= 0.3 is 0 Å². The molecule has 40 heavy (non-hydrogen) atoms. The Bertz CT molecular complexity index is 1150. The Morgan fingerprint density at radius 1 is 1.32 bits per heavy atom. The van der Waals surface area contributed by atoms with Crippen LogP contribution in [0, 0.1) is 0 Å². The van der Waals surface area contributed by atoms with Crippen molar-refractivity contribution in [1.29, 1.82) is 0 Å². The molecule has 3 heterocycles. The zero-order valence-corrected chi connectivity index (χ0v) is 24.9. The third kappa shape index (κ3) is 8.48. The Kier molecular flexibility index (Phi) is 11.3. The highest BCUT2D eigenvalue weighted by Crippen LogP contribution is 2.24. The molecule has 2 aliphatic rings. The zero-order valence-electron chi connectivity index (χ0n) is 23.2. The number of hydrogen-bond acceptors (Lipinski definition) is 11. The average molecular weight is 591 g/mol. The van der Waals surface area contributed by atoms with Crippen molar-refractivity contribution < 1.29 is 24.3 Å². The van der Waals surface area contributed by atoms with Crippen molar-refractivity contribution in [2.24, 2.45) is 5.16 Å². The number of rotatable bonds is 12. The monoisotopic (exact) mass is 590 g/mol. The van der Waals surface area contributed by atoms with Gasteiger partial charge in [0.15, 0.2) is 16.9 Å². The van der Waals surface area contributed by atoms with Crippen LogP contribution in [-0.2, 0) is 25.7 Å². The quantitative estimate of drug-likeness (QED) is 0.218. The molecule has 0 radical (unpaired) electrons. The van der Waals surface area contributed by atoms with Crippen molar-refractivity contribution >= 4 is 45.9 Å². The van der Waals surface area contributed by atoms with Crippen LogP contribution < -0.4 is 5.32 Å². The molecule has 2 atom stereocenters. The summed E-state index contributed by atoms with van der Waals surface area (Å²) in [5, 5.41) is 16.9. The summed E-state index contributed by atoms with van der Waals surface area (Å²) in [6.45, 7) is 11.2. The summed E-state index contributed by atoms with van der Waals surface area (Å²) in [7, 11) is 0. The first-order valence-corrected chi connectivity index (χ1v) is 15.2. The normalized spacial score (nSPS) is 20.2. The molecule has 2 saturated heterocycles. The van der Waals surface area contributed by atoms with Crippen LogP contribution in [0.4, 0.5) is 5.13 Å². The molecule has 0 spiro atoms. The lowest BCUT2D eigenvalue weighted by Crippen LogP contribution is -2.52. The van der Waals surface area contributed by atoms with Crippen LogP contribution in [0.1, 0.15) is 37.6 Å². The molecule has 2 aromatic rings. The van der Waals surface area contributed by atoms with Crippen LogP contribution in [0.25, 0.3) is 0 Å². The lowest BCUT2D eigenvalue weighted by molar-refractivity contribution is -0.133. The van der Waals surface area contributed by atoms with Crippen LogP contribution in [-0.4, -0.2) is 106 Å². The molecule has 0 saturated carbocycles. The summed E-state index contributed by atoms with van der Waals surface area (Å²) in [5.74, 6) is -0.297. The minimum atomic E-state index is -0.403. The second-order valence-corrected chi connectivity index (χ2v) is 12.1. The Balaban J connectivity index is 1.42. The van der Waals surface area contributed by atoms with Gasteiger partial charge in [-0.2, -0.15) is 0 Å². The van der Waals surface area contributed by atoms with Crippen LogP contribution in [0.15, 0.2) is 40.5 Å². The van der Waals surface area contributed by atoms with E-state index in [0.717, 1.165) is 35.8 Å². The highest BCUT2D eigenvalue weighted by Gasteiger charge is 2.26. The van der Waals surface area contributed by atoms with Gasteiger partial charge in [0.2, 0.25) is 5.91 Å². The van der Waals surface area contributed by atoms with Gasteiger partial charge in [-0.1, -0.05) is 24.2 Å². The number of aliphatic hydroxyl groups excluding tert-OH is 1. The molecular weight excluding hydrogens is 552 g/mol. The fraction of sp³-hybridized carbons (Fsp3) is 0.556. The maximum atomic E-state index is 13.4. The summed E-state index contributed by atoms with van der Waals surface area (Å²) in [4.78, 5) is 41.5. The second kappa shape index (κ2) is 14.9. The molecule has 11 nitrogen and oxygen atoms in total. The van der Waals surface area contributed by atoms with E-state index in [1.807, 2.05) is 36.1 Å². The predicted octanol–water partition coefficient (Wildman–Crippen LogP) is 2.67. The van der Waals surface area contributed by atoms with Crippen LogP contribution in [0.2, 0.25) is 0 Å². The molecule has 1 aromatic heterocycles. The van der Waals surface area contributed by atoms with Crippen molar-refractivity contribution in [3.63, 3.8) is 0 Å². The average Bonchev–Trinajstić information content (AvgIpc) is 3.61. The molecule has 2 amide bonds. The van der Waals surface area contributed by atoms with Crippen molar-refractivity contribution in [3.05, 3.63) is 40.9 Å². The van der Waals surface area contributed by atoms with Gasteiger partial charge < -0.3 is 19.6 Å². The molecule has 0 bridgehead atoms. The number of aliphatic hydroxyl groups is 1. The molecule has 2 fully saturated rings.